The van der Waals surface area contributed by atoms with Gasteiger partial charge < -0.3 is 10.1 Å². The maximum absolute atomic E-state index is 5.61. The Hall–Kier alpha value is -1.87. The molecule has 2 aromatic rings. The lowest BCUT2D eigenvalue weighted by Crippen LogP contribution is -2.21. The Kier molecular flexibility index (Phi) is 5.76. The zero-order chi connectivity index (χ0) is 15.1. The molecule has 1 heterocycles. The molecule has 0 radical (unpaired) electrons. The van der Waals surface area contributed by atoms with Crippen molar-refractivity contribution in [1.82, 2.24) is 10.3 Å². The Morgan fingerprint density at radius 1 is 1.10 bits per heavy atom. The van der Waals surface area contributed by atoms with E-state index in [1.807, 2.05) is 24.5 Å². The van der Waals surface area contributed by atoms with Crippen molar-refractivity contribution in [2.75, 3.05) is 6.61 Å². The van der Waals surface area contributed by atoms with Crippen LogP contribution in [0.2, 0.25) is 0 Å². The number of nitrogens with zero attached hydrogens (tertiary/aromatic N) is 1. The van der Waals surface area contributed by atoms with Crippen LogP contribution < -0.4 is 10.1 Å². The first-order valence-corrected chi connectivity index (χ1v) is 7.59. The van der Waals surface area contributed by atoms with E-state index in [2.05, 4.69) is 49.3 Å². The van der Waals surface area contributed by atoms with Gasteiger partial charge in [-0.05, 0) is 35.7 Å². The van der Waals surface area contributed by atoms with Crippen LogP contribution in [0.3, 0.4) is 0 Å². The number of nitrogens with one attached hydrogen (secondary N) is 1. The van der Waals surface area contributed by atoms with Gasteiger partial charge in [0.05, 0.1) is 6.61 Å². The molecule has 0 spiro atoms. The minimum Gasteiger partial charge on any atom is -0.494 e. The molecule has 0 saturated carbocycles. The van der Waals surface area contributed by atoms with Gasteiger partial charge in [0.1, 0.15) is 5.75 Å². The summed E-state index contributed by atoms with van der Waals surface area (Å²) >= 11 is 0. The average Bonchev–Trinajstić information content (AvgIpc) is 2.52. The fraction of sp³-hybridized carbons (Fsp3) is 0.389. The number of pyridine rings is 1. The molecule has 3 nitrogen and oxygen atoms in total. The fourth-order valence-corrected chi connectivity index (χ4v) is 2.03. The van der Waals surface area contributed by atoms with Gasteiger partial charge in [-0.1, -0.05) is 32.9 Å². The van der Waals surface area contributed by atoms with E-state index in [-0.39, 0.29) is 0 Å². The molecule has 0 bridgehead atoms. The molecule has 0 aliphatic carbocycles. The van der Waals surface area contributed by atoms with E-state index in [9.17, 15) is 0 Å². The van der Waals surface area contributed by atoms with Crippen LogP contribution in [0.1, 0.15) is 32.8 Å². The lowest BCUT2D eigenvalue weighted by molar-refractivity contribution is 0.317. The van der Waals surface area contributed by atoms with Gasteiger partial charge in [0.15, 0.2) is 0 Å². The number of rotatable bonds is 7. The molecule has 1 aromatic heterocycles. The van der Waals surface area contributed by atoms with Gasteiger partial charge in [-0.3, -0.25) is 4.98 Å². The minimum absolute atomic E-state index is 0.476. The zero-order valence-corrected chi connectivity index (χ0v) is 13.1. The highest BCUT2D eigenvalue weighted by molar-refractivity contribution is 5.63. The Labute approximate surface area is 127 Å². The molecular formula is C18H24N2O. The molecule has 1 N–H and O–H groups in total. The third kappa shape index (κ3) is 4.87. The highest BCUT2D eigenvalue weighted by Crippen LogP contribution is 2.22. The number of hydrogen-bond donors (Lipinski definition) is 1. The fourth-order valence-electron chi connectivity index (χ4n) is 2.03. The molecule has 3 heteroatoms. The number of benzene rings is 1. The second-order valence-corrected chi connectivity index (χ2v) is 5.49. The first-order chi connectivity index (χ1) is 10.2. The molecule has 0 aliphatic rings. The summed E-state index contributed by atoms with van der Waals surface area (Å²) in [7, 11) is 0. The molecule has 0 unspecified atom stereocenters. The highest BCUT2D eigenvalue weighted by atomic mass is 16.5. The van der Waals surface area contributed by atoms with Gasteiger partial charge in [-0.15, -0.1) is 0 Å². The predicted octanol–water partition coefficient (Wildman–Crippen LogP) is 4.04. The van der Waals surface area contributed by atoms with E-state index in [1.54, 1.807) is 0 Å². The van der Waals surface area contributed by atoms with Crippen LogP contribution in [0.25, 0.3) is 11.1 Å². The summed E-state index contributed by atoms with van der Waals surface area (Å²) in [6.07, 6.45) is 4.84. The van der Waals surface area contributed by atoms with Gasteiger partial charge in [-0.2, -0.15) is 0 Å². The summed E-state index contributed by atoms with van der Waals surface area (Å²) in [6, 6.07) is 10.9. The van der Waals surface area contributed by atoms with Crippen LogP contribution in [0, 0.1) is 0 Å². The van der Waals surface area contributed by atoms with E-state index >= 15 is 0 Å². The van der Waals surface area contributed by atoms with Crippen LogP contribution in [-0.2, 0) is 6.54 Å². The first-order valence-electron chi connectivity index (χ1n) is 7.59. The summed E-state index contributed by atoms with van der Waals surface area (Å²) in [5, 5.41) is 3.41. The van der Waals surface area contributed by atoms with E-state index in [1.165, 1.54) is 5.56 Å². The lowest BCUT2D eigenvalue weighted by atomic mass is 10.1. The van der Waals surface area contributed by atoms with Crippen molar-refractivity contribution in [3.63, 3.8) is 0 Å². The van der Waals surface area contributed by atoms with Gasteiger partial charge >= 0.3 is 0 Å². The Bertz CT molecular complexity index is 549. The van der Waals surface area contributed by atoms with Crippen LogP contribution in [-0.4, -0.2) is 17.6 Å². The Morgan fingerprint density at radius 3 is 2.52 bits per heavy atom. The molecule has 0 amide bonds. The van der Waals surface area contributed by atoms with E-state index in [0.717, 1.165) is 36.4 Å². The van der Waals surface area contributed by atoms with E-state index < -0.39 is 0 Å². The zero-order valence-electron chi connectivity index (χ0n) is 13.1. The van der Waals surface area contributed by atoms with Crippen molar-refractivity contribution in [2.45, 2.75) is 39.8 Å². The molecule has 0 atom stereocenters. The second kappa shape index (κ2) is 7.79. The molecule has 0 aliphatic heterocycles. The van der Waals surface area contributed by atoms with E-state index in [0.29, 0.717) is 6.04 Å². The summed E-state index contributed by atoms with van der Waals surface area (Å²) < 4.78 is 5.61. The van der Waals surface area contributed by atoms with Crippen LogP contribution in [0.15, 0.2) is 42.7 Å². The summed E-state index contributed by atoms with van der Waals surface area (Å²) in [4.78, 5) is 4.34. The molecular weight excluding hydrogens is 260 g/mol. The van der Waals surface area contributed by atoms with Gasteiger partial charge in [0.25, 0.3) is 0 Å². The van der Waals surface area contributed by atoms with Gasteiger partial charge in [-0.25, -0.2) is 0 Å². The first kappa shape index (κ1) is 15.5. The monoisotopic (exact) mass is 284 g/mol. The summed E-state index contributed by atoms with van der Waals surface area (Å²) in [5.74, 6) is 0.922. The third-order valence-electron chi connectivity index (χ3n) is 3.17. The number of aromatic nitrogens is 1. The standard InChI is InChI=1S/C18H24N2O/c1-4-9-21-18-7-5-16(6-8-18)17-10-15(11-19-13-17)12-20-14(2)3/h5-8,10-11,13-14,20H,4,9,12H2,1-3H3. The van der Waals surface area contributed by atoms with Crippen LogP contribution >= 0.6 is 0 Å². The smallest absolute Gasteiger partial charge is 0.119 e. The highest BCUT2D eigenvalue weighted by Gasteiger charge is 2.02. The minimum atomic E-state index is 0.476. The van der Waals surface area contributed by atoms with Crippen LogP contribution in [0.4, 0.5) is 0 Å². The molecule has 1 aromatic carbocycles. The largest absolute Gasteiger partial charge is 0.494 e. The van der Waals surface area contributed by atoms with Crippen molar-refractivity contribution < 1.29 is 4.74 Å². The quantitative estimate of drug-likeness (QED) is 0.833. The lowest BCUT2D eigenvalue weighted by Gasteiger charge is -2.10. The second-order valence-electron chi connectivity index (χ2n) is 5.49. The van der Waals surface area contributed by atoms with Gasteiger partial charge in [0.2, 0.25) is 0 Å². The van der Waals surface area contributed by atoms with Crippen molar-refractivity contribution in [1.29, 1.82) is 0 Å². The SMILES string of the molecule is CCCOc1ccc(-c2cncc(CNC(C)C)c2)cc1. The predicted molar refractivity (Wildman–Crippen MR) is 87.4 cm³/mol. The number of ether oxygens (including phenoxy) is 1. The summed E-state index contributed by atoms with van der Waals surface area (Å²) in [5.41, 5.74) is 3.50. The Morgan fingerprint density at radius 2 is 1.86 bits per heavy atom. The normalized spacial score (nSPS) is 10.9. The molecule has 21 heavy (non-hydrogen) atoms. The molecule has 0 fully saturated rings. The maximum Gasteiger partial charge on any atom is 0.119 e. The number of hydrogen-bond acceptors (Lipinski definition) is 3. The average molecular weight is 284 g/mol. The Balaban J connectivity index is 2.08. The third-order valence-corrected chi connectivity index (χ3v) is 3.17. The van der Waals surface area contributed by atoms with Crippen molar-refractivity contribution in [3.05, 3.63) is 48.3 Å². The van der Waals surface area contributed by atoms with Crippen molar-refractivity contribution in [3.8, 4) is 16.9 Å². The molecule has 2 rings (SSSR count). The maximum atomic E-state index is 5.61. The topological polar surface area (TPSA) is 34.1 Å². The van der Waals surface area contributed by atoms with Crippen molar-refractivity contribution >= 4 is 0 Å². The van der Waals surface area contributed by atoms with E-state index in [4.69, 9.17) is 4.74 Å². The van der Waals surface area contributed by atoms with Gasteiger partial charge in [0, 0.05) is 30.5 Å². The molecule has 112 valence electrons. The summed E-state index contributed by atoms with van der Waals surface area (Å²) in [6.45, 7) is 8.00. The van der Waals surface area contributed by atoms with Crippen LogP contribution in [0.5, 0.6) is 5.75 Å². The molecule has 0 saturated heterocycles. The van der Waals surface area contributed by atoms with Crippen molar-refractivity contribution in [2.24, 2.45) is 0 Å².